The van der Waals surface area contributed by atoms with E-state index in [4.69, 9.17) is 9.47 Å². The Morgan fingerprint density at radius 2 is 1.44 bits per heavy atom. The topological polar surface area (TPSA) is 52.6 Å². The van der Waals surface area contributed by atoms with Gasteiger partial charge in [0.05, 0.1) is 0 Å². The predicted molar refractivity (Wildman–Crippen MR) is 112 cm³/mol. The summed E-state index contributed by atoms with van der Waals surface area (Å²) in [6.45, 7) is 10.3. The van der Waals surface area contributed by atoms with E-state index in [0.29, 0.717) is 12.0 Å². The van der Waals surface area contributed by atoms with E-state index in [0.717, 1.165) is 25.2 Å². The number of unbranched alkanes of at least 4 members (excludes halogenated alkanes) is 6. The van der Waals surface area contributed by atoms with E-state index in [-0.39, 0.29) is 12.7 Å². The highest BCUT2D eigenvalue weighted by atomic mass is 16.6. The van der Waals surface area contributed by atoms with E-state index >= 15 is 0 Å². The molecule has 0 saturated carbocycles. The minimum Gasteiger partial charge on any atom is -0.464 e. The molecule has 0 aliphatic rings. The standard InChI is InChI=1S/C23H42O4/c1-5-7-11-15-21(14-8-6-2)16-12-9-10-13-17-22(18-26-19-24)27-23(25)20(3)4/h19,21-22H,3,5-18H2,1-2,4H3. The molecule has 0 bridgehead atoms. The van der Waals surface area contributed by atoms with Crippen LogP contribution in [-0.4, -0.2) is 25.2 Å². The second-order valence-electron chi connectivity index (χ2n) is 7.73. The Bertz CT molecular complexity index is 392. The molecule has 0 aromatic carbocycles. The molecule has 0 rings (SSSR count). The highest BCUT2D eigenvalue weighted by molar-refractivity contribution is 5.87. The van der Waals surface area contributed by atoms with Gasteiger partial charge in [0.15, 0.2) is 0 Å². The van der Waals surface area contributed by atoms with Gasteiger partial charge in [-0.3, -0.25) is 4.79 Å². The Balaban J connectivity index is 4.02. The minimum atomic E-state index is -0.416. The zero-order valence-corrected chi connectivity index (χ0v) is 18.0. The van der Waals surface area contributed by atoms with E-state index in [1.54, 1.807) is 6.92 Å². The fraction of sp³-hybridized carbons (Fsp3) is 0.826. The van der Waals surface area contributed by atoms with Crippen molar-refractivity contribution in [2.75, 3.05) is 6.61 Å². The Hall–Kier alpha value is -1.32. The van der Waals surface area contributed by atoms with Gasteiger partial charge in [-0.1, -0.05) is 91.1 Å². The van der Waals surface area contributed by atoms with E-state index in [9.17, 15) is 9.59 Å². The van der Waals surface area contributed by atoms with Gasteiger partial charge in [0.25, 0.3) is 6.47 Å². The highest BCUT2D eigenvalue weighted by Crippen LogP contribution is 2.23. The third-order valence-electron chi connectivity index (χ3n) is 5.04. The Morgan fingerprint density at radius 1 is 0.889 bits per heavy atom. The SMILES string of the molecule is C=C(C)C(=O)OC(CCCCCCC(CCCC)CCCCC)COC=O. The van der Waals surface area contributed by atoms with Gasteiger partial charge in [-0.15, -0.1) is 0 Å². The zero-order chi connectivity index (χ0) is 20.3. The van der Waals surface area contributed by atoms with Crippen LogP contribution in [0.25, 0.3) is 0 Å². The molecule has 0 saturated heterocycles. The van der Waals surface area contributed by atoms with Gasteiger partial charge in [-0.25, -0.2) is 4.79 Å². The van der Waals surface area contributed by atoms with Crippen LogP contribution in [0.5, 0.6) is 0 Å². The van der Waals surface area contributed by atoms with Crippen LogP contribution in [0.4, 0.5) is 0 Å². The Kier molecular flexibility index (Phi) is 17.2. The summed E-state index contributed by atoms with van der Waals surface area (Å²) in [6, 6.07) is 0. The van der Waals surface area contributed by atoms with Crippen molar-refractivity contribution in [3.63, 3.8) is 0 Å². The molecule has 4 nitrogen and oxygen atoms in total. The molecule has 0 amide bonds. The van der Waals surface area contributed by atoms with Crippen LogP contribution in [0.3, 0.4) is 0 Å². The first-order valence-electron chi connectivity index (χ1n) is 11.0. The van der Waals surface area contributed by atoms with Crippen molar-refractivity contribution < 1.29 is 19.1 Å². The number of carbonyl (C=O) groups is 2. The molecule has 27 heavy (non-hydrogen) atoms. The van der Waals surface area contributed by atoms with Crippen LogP contribution in [-0.2, 0) is 19.1 Å². The van der Waals surface area contributed by atoms with Crippen molar-refractivity contribution in [2.45, 2.75) is 110 Å². The van der Waals surface area contributed by atoms with Crippen molar-refractivity contribution in [2.24, 2.45) is 5.92 Å². The molecule has 2 atom stereocenters. The lowest BCUT2D eigenvalue weighted by Gasteiger charge is -2.18. The van der Waals surface area contributed by atoms with Gasteiger partial charge in [0.1, 0.15) is 12.7 Å². The summed E-state index contributed by atoms with van der Waals surface area (Å²) < 4.78 is 10.1. The largest absolute Gasteiger partial charge is 0.464 e. The molecule has 0 aromatic heterocycles. The minimum absolute atomic E-state index is 0.124. The van der Waals surface area contributed by atoms with Crippen molar-refractivity contribution in [3.8, 4) is 0 Å². The lowest BCUT2D eigenvalue weighted by atomic mass is 9.90. The van der Waals surface area contributed by atoms with Gasteiger partial charge < -0.3 is 9.47 Å². The predicted octanol–water partition coefficient (Wildman–Crippen LogP) is 6.37. The van der Waals surface area contributed by atoms with Crippen LogP contribution in [0.2, 0.25) is 0 Å². The third-order valence-corrected chi connectivity index (χ3v) is 5.04. The third kappa shape index (κ3) is 15.4. The molecule has 0 spiro atoms. The maximum atomic E-state index is 11.7. The number of rotatable bonds is 19. The van der Waals surface area contributed by atoms with E-state index in [1.165, 1.54) is 64.2 Å². The molecule has 0 fully saturated rings. The number of carbonyl (C=O) groups excluding carboxylic acids is 2. The first-order valence-corrected chi connectivity index (χ1v) is 11.0. The van der Waals surface area contributed by atoms with Crippen LogP contribution in [0.15, 0.2) is 12.2 Å². The second-order valence-corrected chi connectivity index (χ2v) is 7.73. The maximum Gasteiger partial charge on any atom is 0.333 e. The van der Waals surface area contributed by atoms with Gasteiger partial charge in [0.2, 0.25) is 0 Å². The molecule has 0 aromatic rings. The van der Waals surface area contributed by atoms with Gasteiger partial charge in [-0.2, -0.15) is 0 Å². The second kappa shape index (κ2) is 18.1. The first-order chi connectivity index (χ1) is 13.0. The highest BCUT2D eigenvalue weighted by Gasteiger charge is 2.15. The van der Waals surface area contributed by atoms with Gasteiger partial charge in [0, 0.05) is 5.57 Å². The normalized spacial score (nSPS) is 13.0. The average molecular weight is 383 g/mol. The number of hydrogen-bond acceptors (Lipinski definition) is 4. The summed E-state index contributed by atoms with van der Waals surface area (Å²) >= 11 is 0. The summed E-state index contributed by atoms with van der Waals surface area (Å²) in [5.41, 5.74) is 0.368. The Labute approximate surface area is 167 Å². The molecule has 0 aliphatic heterocycles. The van der Waals surface area contributed by atoms with Crippen molar-refractivity contribution >= 4 is 12.4 Å². The molecule has 158 valence electrons. The number of ether oxygens (including phenoxy) is 2. The lowest BCUT2D eigenvalue weighted by Crippen LogP contribution is -2.23. The zero-order valence-electron chi connectivity index (χ0n) is 18.0. The molecule has 4 heteroatoms. The van der Waals surface area contributed by atoms with Crippen molar-refractivity contribution in [3.05, 3.63) is 12.2 Å². The van der Waals surface area contributed by atoms with E-state index in [1.807, 2.05) is 0 Å². The molecule has 0 heterocycles. The van der Waals surface area contributed by atoms with Gasteiger partial charge in [-0.05, 0) is 25.7 Å². The van der Waals surface area contributed by atoms with Crippen LogP contribution in [0.1, 0.15) is 104 Å². The summed E-state index contributed by atoms with van der Waals surface area (Å²) in [5.74, 6) is 0.474. The molecule has 0 aliphatic carbocycles. The number of hydrogen-bond donors (Lipinski definition) is 0. The van der Waals surface area contributed by atoms with Crippen LogP contribution >= 0.6 is 0 Å². The van der Waals surface area contributed by atoms with Crippen molar-refractivity contribution in [1.82, 2.24) is 0 Å². The summed E-state index contributed by atoms with van der Waals surface area (Å²) in [7, 11) is 0. The fourth-order valence-corrected chi connectivity index (χ4v) is 3.34. The molecular formula is C23H42O4. The summed E-state index contributed by atoms with van der Waals surface area (Å²) in [6.07, 6.45) is 15.7. The molecular weight excluding hydrogens is 340 g/mol. The monoisotopic (exact) mass is 382 g/mol. The fourth-order valence-electron chi connectivity index (χ4n) is 3.34. The van der Waals surface area contributed by atoms with Crippen LogP contribution < -0.4 is 0 Å². The summed E-state index contributed by atoms with van der Waals surface area (Å²) in [4.78, 5) is 22.1. The van der Waals surface area contributed by atoms with Gasteiger partial charge >= 0.3 is 5.97 Å². The molecule has 2 unspecified atom stereocenters. The molecule has 0 radical (unpaired) electrons. The average Bonchev–Trinajstić information content (AvgIpc) is 2.65. The summed E-state index contributed by atoms with van der Waals surface area (Å²) in [5, 5.41) is 0. The molecule has 0 N–H and O–H groups in total. The first kappa shape index (κ1) is 25.7. The maximum absolute atomic E-state index is 11.7. The quantitative estimate of drug-likeness (QED) is 0.113. The lowest BCUT2D eigenvalue weighted by molar-refractivity contribution is -0.150. The van der Waals surface area contributed by atoms with Crippen molar-refractivity contribution in [1.29, 1.82) is 0 Å². The smallest absolute Gasteiger partial charge is 0.333 e. The van der Waals surface area contributed by atoms with E-state index in [2.05, 4.69) is 20.4 Å². The van der Waals surface area contributed by atoms with E-state index < -0.39 is 5.97 Å². The Morgan fingerprint density at radius 3 is 2.00 bits per heavy atom. The number of esters is 1. The van der Waals surface area contributed by atoms with Crippen LogP contribution in [0, 0.1) is 5.92 Å².